The molecule has 0 atom stereocenters. The standard InChI is InChI=1S/C16H15N5O/c22-8-6-12-3-1-5-14(9-12)20-16-19-11-18-15(21-16)13-4-2-7-17-10-13/h1-5,7,9-11,22H,6,8H2,(H,18,19,20,21). The third-order valence-corrected chi connectivity index (χ3v) is 3.08. The monoisotopic (exact) mass is 293 g/mol. The van der Waals surface area contributed by atoms with Gasteiger partial charge in [0, 0.05) is 30.3 Å². The summed E-state index contributed by atoms with van der Waals surface area (Å²) in [6.45, 7) is 0.125. The zero-order valence-corrected chi connectivity index (χ0v) is 11.8. The summed E-state index contributed by atoms with van der Waals surface area (Å²) in [7, 11) is 0. The quantitative estimate of drug-likeness (QED) is 0.750. The second-order valence-corrected chi connectivity index (χ2v) is 4.67. The minimum Gasteiger partial charge on any atom is -0.396 e. The lowest BCUT2D eigenvalue weighted by Crippen LogP contribution is -2.00. The molecule has 0 unspecified atom stereocenters. The first kappa shape index (κ1) is 14.1. The first-order valence-corrected chi connectivity index (χ1v) is 6.91. The lowest BCUT2D eigenvalue weighted by Gasteiger charge is -2.07. The van der Waals surface area contributed by atoms with E-state index in [9.17, 15) is 0 Å². The molecule has 0 aliphatic carbocycles. The molecule has 0 saturated carbocycles. The number of benzene rings is 1. The Bertz CT molecular complexity index is 748. The lowest BCUT2D eigenvalue weighted by molar-refractivity contribution is 0.299. The Morgan fingerprint density at radius 1 is 1.09 bits per heavy atom. The predicted molar refractivity (Wildman–Crippen MR) is 83.6 cm³/mol. The van der Waals surface area contributed by atoms with E-state index >= 15 is 0 Å². The summed E-state index contributed by atoms with van der Waals surface area (Å²) < 4.78 is 0. The highest BCUT2D eigenvalue weighted by atomic mass is 16.2. The summed E-state index contributed by atoms with van der Waals surface area (Å²) >= 11 is 0. The normalized spacial score (nSPS) is 10.4. The Kier molecular flexibility index (Phi) is 4.31. The van der Waals surface area contributed by atoms with Crippen LogP contribution >= 0.6 is 0 Å². The minimum absolute atomic E-state index is 0.125. The molecule has 0 spiro atoms. The number of nitrogens with one attached hydrogen (secondary N) is 1. The molecule has 0 amide bonds. The first-order chi connectivity index (χ1) is 10.8. The van der Waals surface area contributed by atoms with Gasteiger partial charge in [-0.2, -0.15) is 4.98 Å². The summed E-state index contributed by atoms with van der Waals surface area (Å²) in [6, 6.07) is 11.5. The maximum absolute atomic E-state index is 9.00. The largest absolute Gasteiger partial charge is 0.396 e. The van der Waals surface area contributed by atoms with Gasteiger partial charge in [0.25, 0.3) is 0 Å². The van der Waals surface area contributed by atoms with Crippen LogP contribution in [0, 0.1) is 0 Å². The van der Waals surface area contributed by atoms with Crippen LogP contribution in [0.5, 0.6) is 0 Å². The average Bonchev–Trinajstić information content (AvgIpc) is 2.57. The van der Waals surface area contributed by atoms with Gasteiger partial charge >= 0.3 is 0 Å². The topological polar surface area (TPSA) is 83.8 Å². The van der Waals surface area contributed by atoms with Crippen LogP contribution in [-0.2, 0) is 6.42 Å². The van der Waals surface area contributed by atoms with Crippen LogP contribution in [0.15, 0.2) is 55.1 Å². The van der Waals surface area contributed by atoms with Crippen molar-refractivity contribution in [3.8, 4) is 11.4 Å². The molecule has 1 aromatic carbocycles. The van der Waals surface area contributed by atoms with E-state index in [2.05, 4.69) is 25.3 Å². The molecule has 0 saturated heterocycles. The molecule has 2 aromatic heterocycles. The van der Waals surface area contributed by atoms with Gasteiger partial charge in [0.15, 0.2) is 5.82 Å². The van der Waals surface area contributed by atoms with Crippen molar-refractivity contribution in [2.75, 3.05) is 11.9 Å². The van der Waals surface area contributed by atoms with Gasteiger partial charge in [0.2, 0.25) is 5.95 Å². The maximum Gasteiger partial charge on any atom is 0.230 e. The highest BCUT2D eigenvalue weighted by molar-refractivity contribution is 5.58. The van der Waals surface area contributed by atoms with E-state index < -0.39 is 0 Å². The van der Waals surface area contributed by atoms with E-state index in [4.69, 9.17) is 5.11 Å². The van der Waals surface area contributed by atoms with Gasteiger partial charge in [-0.25, -0.2) is 9.97 Å². The summed E-state index contributed by atoms with van der Waals surface area (Å²) in [6.07, 6.45) is 5.50. The van der Waals surface area contributed by atoms with Gasteiger partial charge in [0.1, 0.15) is 6.33 Å². The number of anilines is 2. The van der Waals surface area contributed by atoms with Crippen LogP contribution in [0.2, 0.25) is 0 Å². The van der Waals surface area contributed by atoms with E-state index in [1.807, 2.05) is 36.4 Å². The molecule has 0 aliphatic rings. The SMILES string of the molecule is OCCc1cccc(Nc2ncnc(-c3cccnc3)n2)c1. The van der Waals surface area contributed by atoms with Crippen molar-refractivity contribution >= 4 is 11.6 Å². The molecule has 0 fully saturated rings. The Labute approximate surface area is 127 Å². The Morgan fingerprint density at radius 3 is 2.86 bits per heavy atom. The lowest BCUT2D eigenvalue weighted by atomic mass is 10.1. The molecule has 0 aliphatic heterocycles. The van der Waals surface area contributed by atoms with Gasteiger partial charge in [0.05, 0.1) is 0 Å². The van der Waals surface area contributed by atoms with Crippen molar-refractivity contribution < 1.29 is 5.11 Å². The fourth-order valence-corrected chi connectivity index (χ4v) is 2.05. The van der Waals surface area contributed by atoms with Crippen molar-refractivity contribution in [3.05, 3.63) is 60.7 Å². The highest BCUT2D eigenvalue weighted by Gasteiger charge is 2.04. The predicted octanol–water partition coefficient (Wildman–Crippen LogP) is 2.21. The van der Waals surface area contributed by atoms with Gasteiger partial charge in [-0.1, -0.05) is 12.1 Å². The second-order valence-electron chi connectivity index (χ2n) is 4.67. The van der Waals surface area contributed by atoms with E-state index in [0.29, 0.717) is 18.2 Å². The van der Waals surface area contributed by atoms with E-state index in [1.165, 1.54) is 6.33 Å². The number of rotatable bonds is 5. The third-order valence-electron chi connectivity index (χ3n) is 3.08. The zero-order valence-electron chi connectivity index (χ0n) is 11.8. The first-order valence-electron chi connectivity index (χ1n) is 6.91. The van der Waals surface area contributed by atoms with Crippen molar-refractivity contribution in [2.24, 2.45) is 0 Å². The van der Waals surface area contributed by atoms with E-state index in [0.717, 1.165) is 16.8 Å². The molecule has 110 valence electrons. The molecule has 2 heterocycles. The highest BCUT2D eigenvalue weighted by Crippen LogP contribution is 2.17. The Hall–Kier alpha value is -2.86. The van der Waals surface area contributed by atoms with Crippen molar-refractivity contribution in [3.63, 3.8) is 0 Å². The number of aliphatic hydroxyl groups is 1. The average molecular weight is 293 g/mol. The number of aliphatic hydroxyl groups excluding tert-OH is 1. The molecule has 3 rings (SSSR count). The van der Waals surface area contributed by atoms with Crippen molar-refractivity contribution in [2.45, 2.75) is 6.42 Å². The van der Waals surface area contributed by atoms with Gasteiger partial charge in [-0.15, -0.1) is 0 Å². The van der Waals surface area contributed by atoms with E-state index in [-0.39, 0.29) is 6.61 Å². The van der Waals surface area contributed by atoms with Crippen LogP contribution < -0.4 is 5.32 Å². The summed E-state index contributed by atoms with van der Waals surface area (Å²) in [4.78, 5) is 16.7. The maximum atomic E-state index is 9.00. The molecule has 0 radical (unpaired) electrons. The van der Waals surface area contributed by atoms with Crippen LogP contribution in [0.25, 0.3) is 11.4 Å². The molecule has 2 N–H and O–H groups in total. The van der Waals surface area contributed by atoms with Gasteiger partial charge in [-0.05, 0) is 36.2 Å². The number of hydrogen-bond acceptors (Lipinski definition) is 6. The summed E-state index contributed by atoms with van der Waals surface area (Å²) in [5, 5.41) is 12.2. The molecule has 22 heavy (non-hydrogen) atoms. The molecular weight excluding hydrogens is 278 g/mol. The van der Waals surface area contributed by atoms with E-state index in [1.54, 1.807) is 12.4 Å². The minimum atomic E-state index is 0.125. The van der Waals surface area contributed by atoms with Crippen LogP contribution in [0.4, 0.5) is 11.6 Å². The number of pyridine rings is 1. The van der Waals surface area contributed by atoms with Crippen LogP contribution in [0.1, 0.15) is 5.56 Å². The Balaban J connectivity index is 1.83. The van der Waals surface area contributed by atoms with Crippen molar-refractivity contribution in [1.29, 1.82) is 0 Å². The van der Waals surface area contributed by atoms with Crippen molar-refractivity contribution in [1.82, 2.24) is 19.9 Å². The van der Waals surface area contributed by atoms with Gasteiger partial charge < -0.3 is 10.4 Å². The fraction of sp³-hybridized carbons (Fsp3) is 0.125. The third kappa shape index (κ3) is 3.42. The molecule has 6 nitrogen and oxygen atoms in total. The number of nitrogens with zero attached hydrogens (tertiary/aromatic N) is 4. The molecule has 6 heteroatoms. The fourth-order valence-electron chi connectivity index (χ4n) is 2.05. The summed E-state index contributed by atoms with van der Waals surface area (Å²) in [5.41, 5.74) is 2.75. The molecule has 3 aromatic rings. The van der Waals surface area contributed by atoms with Gasteiger partial charge in [-0.3, -0.25) is 4.98 Å². The molecule has 0 bridgehead atoms. The summed E-state index contributed by atoms with van der Waals surface area (Å²) in [5.74, 6) is 1.03. The Morgan fingerprint density at radius 2 is 2.05 bits per heavy atom. The number of aromatic nitrogens is 4. The van der Waals surface area contributed by atoms with Crippen LogP contribution in [0.3, 0.4) is 0 Å². The second kappa shape index (κ2) is 6.73. The number of hydrogen-bond donors (Lipinski definition) is 2. The van der Waals surface area contributed by atoms with Crippen LogP contribution in [-0.4, -0.2) is 31.6 Å². The smallest absolute Gasteiger partial charge is 0.230 e. The molecular formula is C16H15N5O. The zero-order chi connectivity index (χ0) is 15.2.